The molecule has 0 saturated heterocycles. The van der Waals surface area contributed by atoms with Crippen LogP contribution in [0.25, 0.3) is 0 Å². The Morgan fingerprint density at radius 1 is 1.45 bits per heavy atom. The number of amides is 2. The molecule has 114 valence electrons. The van der Waals surface area contributed by atoms with E-state index in [1.165, 1.54) is 0 Å². The number of carbonyl (C=O) groups is 1. The predicted molar refractivity (Wildman–Crippen MR) is 82.1 cm³/mol. The SMILES string of the molecule is CSCC(CCO)NC(=O)NC(C)c1cc(C)oc1C. The fourth-order valence-electron chi connectivity index (χ4n) is 2.14. The number of furan rings is 1. The van der Waals surface area contributed by atoms with Crippen molar-refractivity contribution in [3.05, 3.63) is 23.2 Å². The van der Waals surface area contributed by atoms with E-state index in [-0.39, 0.29) is 24.7 Å². The highest BCUT2D eigenvalue weighted by molar-refractivity contribution is 7.98. The molecule has 0 aliphatic rings. The van der Waals surface area contributed by atoms with E-state index in [1.54, 1.807) is 11.8 Å². The van der Waals surface area contributed by atoms with Gasteiger partial charge in [0.1, 0.15) is 11.5 Å². The molecule has 1 aromatic rings. The molecule has 0 bridgehead atoms. The number of aliphatic hydroxyl groups is 1. The van der Waals surface area contributed by atoms with Gasteiger partial charge in [-0.1, -0.05) is 0 Å². The lowest BCUT2D eigenvalue weighted by atomic mass is 10.1. The summed E-state index contributed by atoms with van der Waals surface area (Å²) < 4.78 is 5.47. The molecule has 0 saturated carbocycles. The Kier molecular flexibility index (Phi) is 6.95. The molecule has 0 radical (unpaired) electrons. The molecule has 0 fully saturated rings. The topological polar surface area (TPSA) is 74.5 Å². The summed E-state index contributed by atoms with van der Waals surface area (Å²) in [4.78, 5) is 12.0. The fourth-order valence-corrected chi connectivity index (χ4v) is 2.79. The van der Waals surface area contributed by atoms with Gasteiger partial charge in [-0.25, -0.2) is 4.79 Å². The molecule has 6 heteroatoms. The fraction of sp³-hybridized carbons (Fsp3) is 0.643. The van der Waals surface area contributed by atoms with Crippen molar-refractivity contribution in [1.29, 1.82) is 0 Å². The van der Waals surface area contributed by atoms with Gasteiger partial charge in [0.15, 0.2) is 0 Å². The molecule has 5 nitrogen and oxygen atoms in total. The minimum atomic E-state index is -0.219. The molecule has 0 spiro atoms. The maximum atomic E-state index is 12.0. The number of carbonyl (C=O) groups excluding carboxylic acids is 1. The van der Waals surface area contributed by atoms with E-state index in [2.05, 4.69) is 10.6 Å². The van der Waals surface area contributed by atoms with Crippen LogP contribution in [0.4, 0.5) is 4.79 Å². The second-order valence-corrected chi connectivity index (χ2v) is 5.78. The van der Waals surface area contributed by atoms with Crippen LogP contribution >= 0.6 is 11.8 Å². The summed E-state index contributed by atoms with van der Waals surface area (Å²) in [5.41, 5.74) is 0.987. The van der Waals surface area contributed by atoms with E-state index in [9.17, 15) is 4.79 Å². The summed E-state index contributed by atoms with van der Waals surface area (Å²) in [7, 11) is 0. The van der Waals surface area contributed by atoms with Gasteiger partial charge in [-0.05, 0) is 39.5 Å². The van der Waals surface area contributed by atoms with E-state index in [4.69, 9.17) is 9.52 Å². The molecule has 0 aromatic carbocycles. The van der Waals surface area contributed by atoms with Crippen molar-refractivity contribution in [1.82, 2.24) is 10.6 Å². The summed E-state index contributed by atoms with van der Waals surface area (Å²) in [6, 6.07) is 1.59. The number of hydrogen-bond donors (Lipinski definition) is 3. The van der Waals surface area contributed by atoms with Crippen LogP contribution in [-0.2, 0) is 0 Å². The van der Waals surface area contributed by atoms with Gasteiger partial charge in [-0.15, -0.1) is 0 Å². The first-order valence-corrected chi connectivity index (χ1v) is 8.11. The Bertz CT molecular complexity index is 428. The van der Waals surface area contributed by atoms with Crippen molar-refractivity contribution in [2.24, 2.45) is 0 Å². The van der Waals surface area contributed by atoms with Crippen LogP contribution in [0.1, 0.15) is 36.5 Å². The molecule has 3 N–H and O–H groups in total. The molecule has 0 aliphatic heterocycles. The Hall–Kier alpha value is -1.14. The van der Waals surface area contributed by atoms with Crippen molar-refractivity contribution in [2.75, 3.05) is 18.6 Å². The van der Waals surface area contributed by atoms with Crippen molar-refractivity contribution >= 4 is 17.8 Å². The Labute approximate surface area is 124 Å². The third kappa shape index (κ3) is 5.09. The lowest BCUT2D eigenvalue weighted by molar-refractivity contribution is 0.228. The van der Waals surface area contributed by atoms with E-state index >= 15 is 0 Å². The maximum Gasteiger partial charge on any atom is 0.315 e. The summed E-state index contributed by atoms with van der Waals surface area (Å²) in [5.74, 6) is 2.45. The van der Waals surface area contributed by atoms with E-state index in [1.807, 2.05) is 33.1 Å². The average Bonchev–Trinajstić information content (AvgIpc) is 2.69. The quantitative estimate of drug-likeness (QED) is 0.723. The minimum Gasteiger partial charge on any atom is -0.466 e. The van der Waals surface area contributed by atoms with Gasteiger partial charge in [0.2, 0.25) is 0 Å². The largest absolute Gasteiger partial charge is 0.466 e. The zero-order chi connectivity index (χ0) is 15.1. The van der Waals surface area contributed by atoms with Gasteiger partial charge in [-0.3, -0.25) is 0 Å². The molecular weight excluding hydrogens is 276 g/mol. The molecule has 2 amide bonds. The van der Waals surface area contributed by atoms with Crippen LogP contribution in [-0.4, -0.2) is 35.8 Å². The number of urea groups is 1. The first-order valence-electron chi connectivity index (χ1n) is 6.71. The number of aryl methyl sites for hydroxylation is 2. The van der Waals surface area contributed by atoms with Crippen LogP contribution in [0.15, 0.2) is 10.5 Å². The normalized spacial score (nSPS) is 13.8. The molecule has 2 atom stereocenters. The Morgan fingerprint density at radius 3 is 2.65 bits per heavy atom. The number of hydrogen-bond acceptors (Lipinski definition) is 4. The molecule has 1 aromatic heterocycles. The van der Waals surface area contributed by atoms with Gasteiger partial charge < -0.3 is 20.2 Å². The number of rotatable bonds is 7. The van der Waals surface area contributed by atoms with Gasteiger partial charge in [0.25, 0.3) is 0 Å². The van der Waals surface area contributed by atoms with Crippen LogP contribution in [0.5, 0.6) is 0 Å². The predicted octanol–water partition coefficient (Wildman–Crippen LogP) is 2.37. The van der Waals surface area contributed by atoms with Crippen molar-refractivity contribution in [2.45, 2.75) is 39.3 Å². The monoisotopic (exact) mass is 300 g/mol. The lowest BCUT2D eigenvalue weighted by Crippen LogP contribution is -2.44. The highest BCUT2D eigenvalue weighted by Gasteiger charge is 2.17. The van der Waals surface area contributed by atoms with Crippen molar-refractivity contribution < 1.29 is 14.3 Å². The molecule has 2 unspecified atom stereocenters. The third-order valence-electron chi connectivity index (χ3n) is 3.07. The summed E-state index contributed by atoms with van der Waals surface area (Å²) in [6.07, 6.45) is 2.54. The molecule has 1 rings (SSSR count). The number of aliphatic hydroxyl groups excluding tert-OH is 1. The smallest absolute Gasteiger partial charge is 0.315 e. The molecular formula is C14H24N2O3S. The highest BCUT2D eigenvalue weighted by Crippen LogP contribution is 2.20. The van der Waals surface area contributed by atoms with Crippen LogP contribution in [0, 0.1) is 13.8 Å². The zero-order valence-corrected chi connectivity index (χ0v) is 13.3. The minimum absolute atomic E-state index is 0.0191. The molecule has 1 heterocycles. The summed E-state index contributed by atoms with van der Waals surface area (Å²) >= 11 is 1.64. The second-order valence-electron chi connectivity index (χ2n) is 4.87. The zero-order valence-electron chi connectivity index (χ0n) is 12.5. The first kappa shape index (κ1) is 16.9. The second kappa shape index (κ2) is 8.21. The van der Waals surface area contributed by atoms with Crippen LogP contribution < -0.4 is 10.6 Å². The Morgan fingerprint density at radius 2 is 2.15 bits per heavy atom. The third-order valence-corrected chi connectivity index (χ3v) is 3.81. The number of nitrogens with one attached hydrogen (secondary N) is 2. The highest BCUT2D eigenvalue weighted by atomic mass is 32.2. The molecule has 20 heavy (non-hydrogen) atoms. The summed E-state index contributed by atoms with van der Waals surface area (Å²) in [5, 5.41) is 14.8. The average molecular weight is 300 g/mol. The van der Waals surface area contributed by atoms with Gasteiger partial charge in [0, 0.05) is 24.0 Å². The van der Waals surface area contributed by atoms with E-state index < -0.39 is 0 Å². The molecule has 0 aliphatic carbocycles. The van der Waals surface area contributed by atoms with Crippen LogP contribution in [0.3, 0.4) is 0 Å². The van der Waals surface area contributed by atoms with Crippen molar-refractivity contribution in [3.63, 3.8) is 0 Å². The van der Waals surface area contributed by atoms with Crippen molar-refractivity contribution in [3.8, 4) is 0 Å². The first-order chi connectivity index (χ1) is 9.47. The maximum absolute atomic E-state index is 12.0. The summed E-state index contributed by atoms with van der Waals surface area (Å²) in [6.45, 7) is 5.77. The van der Waals surface area contributed by atoms with Crippen LogP contribution in [0.2, 0.25) is 0 Å². The Balaban J connectivity index is 2.54. The standard InChI is InChI=1S/C14H24N2O3S/c1-9-7-13(11(3)19-9)10(2)15-14(18)16-12(5-6-17)8-20-4/h7,10,12,17H,5-6,8H2,1-4H3,(H2,15,16,18). The number of thioether (sulfide) groups is 1. The van der Waals surface area contributed by atoms with Gasteiger partial charge in [0.05, 0.1) is 6.04 Å². The van der Waals surface area contributed by atoms with Gasteiger partial charge >= 0.3 is 6.03 Å². The van der Waals surface area contributed by atoms with Gasteiger partial charge in [-0.2, -0.15) is 11.8 Å². The lowest BCUT2D eigenvalue weighted by Gasteiger charge is -2.19. The van der Waals surface area contributed by atoms with E-state index in [0.29, 0.717) is 6.42 Å². The van der Waals surface area contributed by atoms with E-state index in [0.717, 1.165) is 22.8 Å².